The first-order valence-electron chi connectivity index (χ1n) is 8.70. The van der Waals surface area contributed by atoms with Gasteiger partial charge in [-0.05, 0) is 51.3 Å². The van der Waals surface area contributed by atoms with Crippen molar-refractivity contribution < 1.29 is 19.4 Å². The number of hydrogen-bond acceptors (Lipinski definition) is 4. The molecule has 0 saturated heterocycles. The molecule has 0 aliphatic heterocycles. The number of alkyl halides is 1. The number of rotatable bonds is 9. The van der Waals surface area contributed by atoms with Gasteiger partial charge in [0.1, 0.15) is 11.4 Å². The predicted octanol–water partition coefficient (Wildman–Crippen LogP) is 3.90. The number of nitrogens with one attached hydrogen (secondary N) is 1. The fourth-order valence-electron chi connectivity index (χ4n) is 2.16. The number of alkyl carbamates (subject to hydrolysis) is 1. The van der Waals surface area contributed by atoms with E-state index in [0.29, 0.717) is 13.0 Å². The first-order valence-corrected chi connectivity index (χ1v) is 9.24. The summed E-state index contributed by atoms with van der Waals surface area (Å²) in [5, 5.41) is 12.8. The van der Waals surface area contributed by atoms with Gasteiger partial charge in [-0.1, -0.05) is 25.5 Å². The van der Waals surface area contributed by atoms with Crippen molar-refractivity contribution in [1.29, 1.82) is 0 Å². The van der Waals surface area contributed by atoms with Gasteiger partial charge in [-0.2, -0.15) is 0 Å². The molecule has 0 radical (unpaired) electrons. The van der Waals surface area contributed by atoms with Gasteiger partial charge in [-0.25, -0.2) is 4.79 Å². The van der Waals surface area contributed by atoms with Gasteiger partial charge in [0.05, 0.1) is 24.6 Å². The fraction of sp³-hybridized carbons (Fsp3) is 0.632. The van der Waals surface area contributed by atoms with Gasteiger partial charge in [-0.15, -0.1) is 11.6 Å². The zero-order valence-corrected chi connectivity index (χ0v) is 16.3. The number of carbonyl (C=O) groups is 1. The molecule has 0 unspecified atom stereocenters. The van der Waals surface area contributed by atoms with Crippen molar-refractivity contribution >= 4 is 17.7 Å². The molecule has 0 aromatic heterocycles. The first kappa shape index (κ1) is 21.6. The van der Waals surface area contributed by atoms with Gasteiger partial charge in [0.25, 0.3) is 0 Å². The van der Waals surface area contributed by atoms with E-state index in [1.54, 1.807) is 20.8 Å². The Bertz CT molecular complexity index is 513. The smallest absolute Gasteiger partial charge is 0.407 e. The lowest BCUT2D eigenvalue weighted by Gasteiger charge is -2.26. The largest absolute Gasteiger partial charge is 0.494 e. The summed E-state index contributed by atoms with van der Waals surface area (Å²) in [5.74, 6) is 0.838. The van der Waals surface area contributed by atoms with Crippen LogP contribution in [0, 0.1) is 0 Å². The highest BCUT2D eigenvalue weighted by Crippen LogP contribution is 2.16. The Morgan fingerprint density at radius 2 is 1.92 bits per heavy atom. The molecule has 2 atom stereocenters. The van der Waals surface area contributed by atoms with Crippen molar-refractivity contribution in [2.45, 2.75) is 64.7 Å². The highest BCUT2D eigenvalue weighted by Gasteiger charge is 2.24. The zero-order valence-electron chi connectivity index (χ0n) is 15.5. The third kappa shape index (κ3) is 8.98. The molecule has 0 spiro atoms. The van der Waals surface area contributed by atoms with Gasteiger partial charge in [0, 0.05) is 0 Å². The number of aliphatic hydroxyl groups is 1. The molecule has 0 saturated carbocycles. The Morgan fingerprint density at radius 3 is 2.44 bits per heavy atom. The minimum absolute atomic E-state index is 0.0265. The lowest BCUT2D eigenvalue weighted by Crippen LogP contribution is -2.47. The number of amides is 1. The van der Waals surface area contributed by atoms with Gasteiger partial charge >= 0.3 is 6.09 Å². The van der Waals surface area contributed by atoms with E-state index in [4.69, 9.17) is 21.1 Å². The van der Waals surface area contributed by atoms with Crippen LogP contribution in [0.15, 0.2) is 24.3 Å². The van der Waals surface area contributed by atoms with Crippen LogP contribution in [0.25, 0.3) is 0 Å². The average Bonchev–Trinajstić information content (AvgIpc) is 2.53. The van der Waals surface area contributed by atoms with Crippen LogP contribution in [0.3, 0.4) is 0 Å². The highest BCUT2D eigenvalue weighted by atomic mass is 35.5. The SMILES string of the molecule is CCCCOc1ccc(C[C@H](NC(=O)OC(C)(C)C)[C@H](O)CCl)cc1. The average molecular weight is 372 g/mol. The molecule has 0 aliphatic rings. The quantitative estimate of drug-likeness (QED) is 0.510. The minimum Gasteiger partial charge on any atom is -0.494 e. The molecule has 0 bridgehead atoms. The number of carbonyl (C=O) groups excluding carboxylic acids is 1. The van der Waals surface area contributed by atoms with Gasteiger partial charge in [-0.3, -0.25) is 0 Å². The van der Waals surface area contributed by atoms with Crippen molar-refractivity contribution in [3.8, 4) is 5.75 Å². The number of hydrogen-bond donors (Lipinski definition) is 2. The fourth-order valence-corrected chi connectivity index (χ4v) is 2.37. The number of halogens is 1. The molecule has 1 aromatic carbocycles. The summed E-state index contributed by atoms with van der Waals surface area (Å²) in [6, 6.07) is 7.10. The molecular weight excluding hydrogens is 342 g/mol. The molecule has 1 amide bonds. The maximum absolute atomic E-state index is 12.0. The van der Waals surface area contributed by atoms with Crippen LogP contribution in [0.5, 0.6) is 5.75 Å². The second kappa shape index (κ2) is 10.5. The maximum Gasteiger partial charge on any atom is 0.407 e. The Labute approximate surface area is 155 Å². The minimum atomic E-state index is -0.866. The third-order valence-corrected chi connectivity index (χ3v) is 3.79. The van der Waals surface area contributed by atoms with Gasteiger partial charge < -0.3 is 19.9 Å². The van der Waals surface area contributed by atoms with Crippen molar-refractivity contribution in [1.82, 2.24) is 5.32 Å². The lowest BCUT2D eigenvalue weighted by molar-refractivity contribution is 0.0440. The molecule has 0 fully saturated rings. The van der Waals surface area contributed by atoms with Crippen molar-refractivity contribution in [2.75, 3.05) is 12.5 Å². The van der Waals surface area contributed by atoms with Crippen LogP contribution in [0.1, 0.15) is 46.1 Å². The van der Waals surface area contributed by atoms with E-state index in [1.165, 1.54) is 0 Å². The van der Waals surface area contributed by atoms with E-state index in [9.17, 15) is 9.90 Å². The monoisotopic (exact) mass is 371 g/mol. The van der Waals surface area contributed by atoms with Crippen molar-refractivity contribution in [3.63, 3.8) is 0 Å². The Kier molecular flexibility index (Phi) is 9.08. The number of benzene rings is 1. The zero-order chi connectivity index (χ0) is 18.9. The summed E-state index contributed by atoms with van der Waals surface area (Å²) < 4.78 is 10.9. The summed E-state index contributed by atoms with van der Waals surface area (Å²) in [6.07, 6.45) is 1.12. The van der Waals surface area contributed by atoms with Crippen LogP contribution < -0.4 is 10.1 Å². The molecule has 25 heavy (non-hydrogen) atoms. The van der Waals surface area contributed by atoms with E-state index in [2.05, 4.69) is 12.2 Å². The molecule has 6 heteroatoms. The van der Waals surface area contributed by atoms with E-state index in [-0.39, 0.29) is 5.88 Å². The molecule has 2 N–H and O–H groups in total. The third-order valence-electron chi connectivity index (χ3n) is 3.47. The number of ether oxygens (including phenoxy) is 2. The maximum atomic E-state index is 12.0. The second-order valence-electron chi connectivity index (χ2n) is 7.02. The Hall–Kier alpha value is -1.46. The number of aliphatic hydroxyl groups excluding tert-OH is 1. The van der Waals surface area contributed by atoms with Gasteiger partial charge in [0.2, 0.25) is 0 Å². The molecule has 142 valence electrons. The van der Waals surface area contributed by atoms with Crippen LogP contribution in [0.4, 0.5) is 4.79 Å². The number of unbranched alkanes of at least 4 members (excludes halogenated alkanes) is 1. The van der Waals surface area contributed by atoms with Crippen LogP contribution in [-0.4, -0.2) is 41.4 Å². The Balaban J connectivity index is 2.67. The van der Waals surface area contributed by atoms with Crippen molar-refractivity contribution in [3.05, 3.63) is 29.8 Å². The second-order valence-corrected chi connectivity index (χ2v) is 7.33. The summed E-state index contributed by atoms with van der Waals surface area (Å²) in [4.78, 5) is 12.0. The molecule has 0 heterocycles. The summed E-state index contributed by atoms with van der Waals surface area (Å²) in [6.45, 7) is 8.18. The summed E-state index contributed by atoms with van der Waals surface area (Å²) in [5.41, 5.74) is 0.367. The van der Waals surface area contributed by atoms with E-state index in [0.717, 1.165) is 24.2 Å². The summed E-state index contributed by atoms with van der Waals surface area (Å²) >= 11 is 5.76. The van der Waals surface area contributed by atoms with Crippen LogP contribution >= 0.6 is 11.6 Å². The van der Waals surface area contributed by atoms with E-state index in [1.807, 2.05) is 24.3 Å². The van der Waals surface area contributed by atoms with Crippen LogP contribution in [0.2, 0.25) is 0 Å². The van der Waals surface area contributed by atoms with Crippen LogP contribution in [-0.2, 0) is 11.2 Å². The van der Waals surface area contributed by atoms with E-state index < -0.39 is 23.8 Å². The van der Waals surface area contributed by atoms with Gasteiger partial charge in [0.15, 0.2) is 0 Å². The summed E-state index contributed by atoms with van der Waals surface area (Å²) in [7, 11) is 0. The topological polar surface area (TPSA) is 67.8 Å². The van der Waals surface area contributed by atoms with E-state index >= 15 is 0 Å². The Morgan fingerprint density at radius 1 is 1.28 bits per heavy atom. The molecule has 1 aromatic rings. The molecular formula is C19H30ClNO4. The predicted molar refractivity (Wildman–Crippen MR) is 100 cm³/mol. The first-order chi connectivity index (χ1) is 11.7. The normalized spacial score (nSPS) is 13.8. The molecule has 1 rings (SSSR count). The van der Waals surface area contributed by atoms with Crippen molar-refractivity contribution in [2.24, 2.45) is 0 Å². The molecule has 5 nitrogen and oxygen atoms in total. The highest BCUT2D eigenvalue weighted by molar-refractivity contribution is 6.18. The lowest BCUT2D eigenvalue weighted by atomic mass is 10.0. The molecule has 0 aliphatic carbocycles. The standard InChI is InChI=1S/C19H30ClNO4/c1-5-6-11-24-15-9-7-14(8-10-15)12-16(17(22)13-20)21-18(23)25-19(2,3)4/h7-10,16-17,22H,5-6,11-13H2,1-4H3,(H,21,23)/t16-,17+/m0/s1.